The van der Waals surface area contributed by atoms with E-state index in [1.807, 2.05) is 0 Å². The third-order valence-corrected chi connectivity index (χ3v) is 6.31. The molecule has 1 aliphatic heterocycles. The van der Waals surface area contributed by atoms with Crippen molar-refractivity contribution >= 4 is 40.1 Å². The molecule has 2 fully saturated rings. The highest BCUT2D eigenvalue weighted by Crippen LogP contribution is 2.58. The molecular formula is C14H20N4O3S2. The first kappa shape index (κ1) is 16.7. The first-order valence-corrected chi connectivity index (χ1v) is 9.57. The summed E-state index contributed by atoms with van der Waals surface area (Å²) in [7, 11) is 0. The minimum Gasteiger partial charge on any atom is -0.465 e. The Morgan fingerprint density at radius 3 is 2.96 bits per heavy atom. The molecule has 0 aromatic carbocycles. The molecule has 126 valence electrons. The summed E-state index contributed by atoms with van der Waals surface area (Å²) in [5, 5.41) is 14.7. The van der Waals surface area contributed by atoms with E-state index in [-0.39, 0.29) is 29.0 Å². The molecule has 0 bridgehead atoms. The average molecular weight is 356 g/mol. The van der Waals surface area contributed by atoms with Gasteiger partial charge in [-0.2, -0.15) is 0 Å². The first-order chi connectivity index (χ1) is 11.1. The number of amides is 1. The van der Waals surface area contributed by atoms with Gasteiger partial charge in [-0.3, -0.25) is 9.59 Å². The summed E-state index contributed by atoms with van der Waals surface area (Å²) >= 11 is 2.56. The molecule has 1 saturated carbocycles. The SMILES string of the molecule is CCOC(=O)CSc1nnc(NC(=O)C2CC23CCNCC3)s1. The second-order valence-corrected chi connectivity index (χ2v) is 8.03. The van der Waals surface area contributed by atoms with Crippen LogP contribution in [0.4, 0.5) is 5.13 Å². The number of nitrogens with zero attached hydrogens (tertiary/aromatic N) is 2. The average Bonchev–Trinajstić information content (AvgIpc) is 3.04. The zero-order valence-corrected chi connectivity index (χ0v) is 14.6. The number of nitrogens with one attached hydrogen (secondary N) is 2. The van der Waals surface area contributed by atoms with Gasteiger partial charge in [-0.1, -0.05) is 23.1 Å². The molecule has 1 aromatic heterocycles. The summed E-state index contributed by atoms with van der Waals surface area (Å²) in [5.74, 6) is 0.0769. The van der Waals surface area contributed by atoms with E-state index in [4.69, 9.17) is 4.74 Å². The van der Waals surface area contributed by atoms with Crippen molar-refractivity contribution in [2.75, 3.05) is 30.8 Å². The fourth-order valence-electron chi connectivity index (χ4n) is 3.03. The second-order valence-electron chi connectivity index (χ2n) is 5.83. The van der Waals surface area contributed by atoms with Crippen LogP contribution in [0.5, 0.6) is 0 Å². The third-order valence-electron chi connectivity index (χ3n) is 4.36. The van der Waals surface area contributed by atoms with Crippen LogP contribution in [0.25, 0.3) is 0 Å². The molecule has 1 saturated heterocycles. The smallest absolute Gasteiger partial charge is 0.316 e. The number of hydrogen-bond acceptors (Lipinski definition) is 8. The molecule has 2 N–H and O–H groups in total. The number of anilines is 1. The van der Waals surface area contributed by atoms with Crippen LogP contribution in [0.2, 0.25) is 0 Å². The molecule has 1 spiro atoms. The number of rotatable bonds is 6. The van der Waals surface area contributed by atoms with Crippen LogP contribution in [-0.4, -0.2) is 47.5 Å². The van der Waals surface area contributed by atoms with Gasteiger partial charge in [-0.15, -0.1) is 10.2 Å². The van der Waals surface area contributed by atoms with Gasteiger partial charge >= 0.3 is 5.97 Å². The number of hydrogen-bond donors (Lipinski definition) is 2. The number of esters is 1. The lowest BCUT2D eigenvalue weighted by Gasteiger charge is -2.22. The van der Waals surface area contributed by atoms with E-state index in [2.05, 4.69) is 20.8 Å². The molecule has 7 nitrogen and oxygen atoms in total. The summed E-state index contributed by atoms with van der Waals surface area (Å²) in [6.07, 6.45) is 3.12. The molecule has 23 heavy (non-hydrogen) atoms. The minimum absolute atomic E-state index is 0.0463. The van der Waals surface area contributed by atoms with Gasteiger partial charge < -0.3 is 15.4 Å². The number of carbonyl (C=O) groups excluding carboxylic acids is 2. The predicted octanol–water partition coefficient (Wildman–Crippen LogP) is 1.52. The van der Waals surface area contributed by atoms with E-state index in [9.17, 15) is 9.59 Å². The topological polar surface area (TPSA) is 93.2 Å². The minimum atomic E-state index is -0.274. The van der Waals surface area contributed by atoms with Crippen molar-refractivity contribution in [3.8, 4) is 0 Å². The van der Waals surface area contributed by atoms with Gasteiger partial charge in [0.05, 0.1) is 12.4 Å². The first-order valence-electron chi connectivity index (χ1n) is 7.76. The monoisotopic (exact) mass is 356 g/mol. The number of ether oxygens (including phenoxy) is 1. The van der Waals surface area contributed by atoms with Crippen molar-refractivity contribution in [2.24, 2.45) is 11.3 Å². The predicted molar refractivity (Wildman–Crippen MR) is 88.5 cm³/mol. The van der Waals surface area contributed by atoms with Crippen molar-refractivity contribution in [3.05, 3.63) is 0 Å². The molecule has 1 aliphatic carbocycles. The zero-order valence-electron chi connectivity index (χ0n) is 13.0. The quantitative estimate of drug-likeness (QED) is 0.453. The summed E-state index contributed by atoms with van der Waals surface area (Å²) in [4.78, 5) is 23.6. The van der Waals surface area contributed by atoms with Crippen molar-refractivity contribution in [1.82, 2.24) is 15.5 Å². The number of piperidine rings is 1. The van der Waals surface area contributed by atoms with Crippen LogP contribution in [0.3, 0.4) is 0 Å². The fourth-order valence-corrected chi connectivity index (χ4v) is 4.58. The van der Waals surface area contributed by atoms with Gasteiger partial charge in [0.1, 0.15) is 0 Å². The van der Waals surface area contributed by atoms with E-state index in [0.29, 0.717) is 16.1 Å². The largest absolute Gasteiger partial charge is 0.465 e. The Balaban J connectivity index is 1.47. The highest BCUT2D eigenvalue weighted by molar-refractivity contribution is 8.01. The lowest BCUT2D eigenvalue weighted by molar-refractivity contribution is -0.139. The molecule has 1 amide bonds. The fraction of sp³-hybridized carbons (Fsp3) is 0.714. The van der Waals surface area contributed by atoms with Crippen LogP contribution >= 0.6 is 23.1 Å². The molecule has 9 heteroatoms. The zero-order chi connectivity index (χ0) is 16.3. The summed E-state index contributed by atoms with van der Waals surface area (Å²) in [6, 6.07) is 0. The van der Waals surface area contributed by atoms with Crippen LogP contribution in [0.15, 0.2) is 4.34 Å². The molecular weight excluding hydrogens is 336 g/mol. The van der Waals surface area contributed by atoms with E-state index in [1.165, 1.54) is 23.1 Å². The molecule has 1 aromatic rings. The molecule has 3 rings (SSSR count). The Hall–Kier alpha value is -1.19. The highest BCUT2D eigenvalue weighted by Gasteiger charge is 2.57. The maximum atomic E-state index is 12.3. The van der Waals surface area contributed by atoms with E-state index in [1.54, 1.807) is 6.92 Å². The van der Waals surface area contributed by atoms with Crippen LogP contribution in [-0.2, 0) is 14.3 Å². The van der Waals surface area contributed by atoms with E-state index in [0.717, 1.165) is 32.4 Å². The Morgan fingerprint density at radius 1 is 1.43 bits per heavy atom. The van der Waals surface area contributed by atoms with E-state index < -0.39 is 0 Å². The normalized spacial score (nSPS) is 21.9. The Kier molecular flexibility index (Phi) is 5.17. The van der Waals surface area contributed by atoms with E-state index >= 15 is 0 Å². The summed E-state index contributed by atoms with van der Waals surface area (Å²) in [5.41, 5.74) is 0.210. The van der Waals surface area contributed by atoms with Crippen molar-refractivity contribution in [1.29, 1.82) is 0 Å². The molecule has 1 atom stereocenters. The molecule has 2 heterocycles. The third kappa shape index (κ3) is 4.02. The summed E-state index contributed by atoms with van der Waals surface area (Å²) < 4.78 is 5.51. The summed E-state index contributed by atoms with van der Waals surface area (Å²) in [6.45, 7) is 4.14. The Morgan fingerprint density at radius 2 is 2.22 bits per heavy atom. The van der Waals surface area contributed by atoms with Gasteiger partial charge in [0, 0.05) is 5.92 Å². The number of carbonyl (C=O) groups is 2. The maximum absolute atomic E-state index is 12.3. The van der Waals surface area contributed by atoms with Gasteiger partial charge in [-0.25, -0.2) is 0 Å². The maximum Gasteiger partial charge on any atom is 0.316 e. The van der Waals surface area contributed by atoms with Gasteiger partial charge in [0.25, 0.3) is 0 Å². The van der Waals surface area contributed by atoms with Crippen LogP contribution < -0.4 is 10.6 Å². The van der Waals surface area contributed by atoms with Gasteiger partial charge in [0.15, 0.2) is 4.34 Å². The van der Waals surface area contributed by atoms with Crippen molar-refractivity contribution in [2.45, 2.75) is 30.5 Å². The van der Waals surface area contributed by atoms with Crippen molar-refractivity contribution in [3.63, 3.8) is 0 Å². The Labute approximate surface area is 143 Å². The molecule has 0 radical (unpaired) electrons. The standard InChI is InChI=1S/C14H20N4O3S2/c1-2-21-10(19)8-22-13-18-17-12(23-13)16-11(20)9-7-14(9)3-5-15-6-4-14/h9,15H,2-8H2,1H3,(H,16,17,20). The van der Waals surface area contributed by atoms with Crippen LogP contribution in [0.1, 0.15) is 26.2 Å². The lowest BCUT2D eigenvalue weighted by Crippen LogP contribution is -2.31. The second kappa shape index (κ2) is 7.14. The molecule has 2 aliphatic rings. The van der Waals surface area contributed by atoms with Crippen molar-refractivity contribution < 1.29 is 14.3 Å². The van der Waals surface area contributed by atoms with Gasteiger partial charge in [-0.05, 0) is 44.7 Å². The lowest BCUT2D eigenvalue weighted by atomic mass is 9.92. The van der Waals surface area contributed by atoms with Gasteiger partial charge in [0.2, 0.25) is 11.0 Å². The number of aromatic nitrogens is 2. The van der Waals surface area contributed by atoms with Crippen LogP contribution in [0, 0.1) is 11.3 Å². The highest BCUT2D eigenvalue weighted by atomic mass is 32.2. The molecule has 1 unspecified atom stereocenters. The Bertz CT molecular complexity index is 586. The number of thioether (sulfide) groups is 1.